The van der Waals surface area contributed by atoms with E-state index in [1.165, 1.54) is 30.1 Å². The number of nitrogens with one attached hydrogen (secondary N) is 1. The molecule has 0 aliphatic heterocycles. The third kappa shape index (κ3) is 3.27. The van der Waals surface area contributed by atoms with Crippen LogP contribution in [0.2, 0.25) is 5.02 Å². The number of halogens is 1. The first-order valence-corrected chi connectivity index (χ1v) is 8.23. The standard InChI is InChI=1S/C14H17ClN4OS/c1-9-5-16-12(21-9)7-17-13-11(15)6-18-19(14(13)20)8-10-3-2-4-10/h5-6,10,17H,2-4,7-8H2,1H3. The highest BCUT2D eigenvalue weighted by Gasteiger charge is 2.20. The van der Waals surface area contributed by atoms with Gasteiger partial charge in [-0.05, 0) is 25.7 Å². The molecule has 0 bridgehead atoms. The van der Waals surface area contributed by atoms with Gasteiger partial charge >= 0.3 is 0 Å². The van der Waals surface area contributed by atoms with E-state index in [1.807, 2.05) is 13.1 Å². The Balaban J connectivity index is 1.76. The maximum atomic E-state index is 12.4. The lowest BCUT2D eigenvalue weighted by molar-refractivity contribution is 0.262. The van der Waals surface area contributed by atoms with Gasteiger partial charge in [0.25, 0.3) is 5.56 Å². The summed E-state index contributed by atoms with van der Waals surface area (Å²) in [6, 6.07) is 0. The second-order valence-corrected chi connectivity index (χ2v) is 7.10. The first kappa shape index (κ1) is 14.5. The lowest BCUT2D eigenvalue weighted by atomic mass is 9.85. The molecule has 1 aliphatic rings. The summed E-state index contributed by atoms with van der Waals surface area (Å²) >= 11 is 7.71. The van der Waals surface area contributed by atoms with E-state index in [1.54, 1.807) is 11.3 Å². The van der Waals surface area contributed by atoms with Crippen LogP contribution in [0.1, 0.15) is 29.1 Å². The van der Waals surface area contributed by atoms with Crippen LogP contribution in [0, 0.1) is 12.8 Å². The monoisotopic (exact) mass is 324 g/mol. The van der Waals surface area contributed by atoms with Crippen molar-refractivity contribution >= 4 is 28.6 Å². The third-order valence-electron chi connectivity index (χ3n) is 3.74. The molecule has 0 saturated heterocycles. The Kier molecular flexibility index (Phi) is 4.26. The van der Waals surface area contributed by atoms with Crippen molar-refractivity contribution in [2.75, 3.05) is 5.32 Å². The van der Waals surface area contributed by atoms with E-state index in [-0.39, 0.29) is 5.56 Å². The fourth-order valence-corrected chi connectivity index (χ4v) is 3.24. The van der Waals surface area contributed by atoms with E-state index in [0.717, 1.165) is 9.88 Å². The van der Waals surface area contributed by atoms with Crippen LogP contribution in [0.5, 0.6) is 0 Å². The Hall–Kier alpha value is -1.40. The summed E-state index contributed by atoms with van der Waals surface area (Å²) < 4.78 is 1.52. The normalized spacial score (nSPS) is 15.0. The van der Waals surface area contributed by atoms with Crippen LogP contribution in [0.3, 0.4) is 0 Å². The van der Waals surface area contributed by atoms with Gasteiger partial charge in [-0.15, -0.1) is 11.3 Å². The number of aryl methyl sites for hydroxylation is 1. The van der Waals surface area contributed by atoms with E-state index in [4.69, 9.17) is 11.6 Å². The third-order valence-corrected chi connectivity index (χ3v) is 4.94. The second-order valence-electron chi connectivity index (χ2n) is 5.37. The number of aromatic nitrogens is 3. The van der Waals surface area contributed by atoms with Gasteiger partial charge in [0.2, 0.25) is 0 Å². The highest BCUT2D eigenvalue weighted by Crippen LogP contribution is 2.27. The molecule has 5 nitrogen and oxygen atoms in total. The van der Waals surface area contributed by atoms with Crippen LogP contribution >= 0.6 is 22.9 Å². The van der Waals surface area contributed by atoms with Crippen LogP contribution in [0.25, 0.3) is 0 Å². The molecular formula is C14H17ClN4OS. The summed E-state index contributed by atoms with van der Waals surface area (Å²) in [5, 5.41) is 8.54. The molecule has 112 valence electrons. The number of hydrogen-bond donors (Lipinski definition) is 1. The van der Waals surface area contributed by atoms with Crippen LogP contribution in [-0.2, 0) is 13.1 Å². The number of rotatable bonds is 5. The molecule has 1 fully saturated rings. The molecule has 0 spiro atoms. The predicted molar refractivity (Wildman–Crippen MR) is 85.0 cm³/mol. The number of hydrogen-bond acceptors (Lipinski definition) is 5. The largest absolute Gasteiger partial charge is 0.373 e. The van der Waals surface area contributed by atoms with E-state index in [9.17, 15) is 4.79 Å². The molecule has 0 aromatic carbocycles. The molecular weight excluding hydrogens is 308 g/mol. The second kappa shape index (κ2) is 6.15. The fraction of sp³-hybridized carbons (Fsp3) is 0.500. The zero-order valence-corrected chi connectivity index (χ0v) is 13.4. The molecule has 3 rings (SSSR count). The maximum Gasteiger partial charge on any atom is 0.291 e. The van der Waals surface area contributed by atoms with Crippen LogP contribution in [0.4, 0.5) is 5.69 Å². The zero-order valence-electron chi connectivity index (χ0n) is 11.8. The quantitative estimate of drug-likeness (QED) is 0.918. The minimum absolute atomic E-state index is 0.150. The Morgan fingerprint density at radius 1 is 1.48 bits per heavy atom. The lowest BCUT2D eigenvalue weighted by Crippen LogP contribution is -2.30. The number of thiazole rings is 1. The fourth-order valence-electron chi connectivity index (χ4n) is 2.33. The van der Waals surface area contributed by atoms with Crippen molar-refractivity contribution in [3.63, 3.8) is 0 Å². The van der Waals surface area contributed by atoms with Crippen molar-refractivity contribution in [1.29, 1.82) is 0 Å². The Labute approximate surface area is 132 Å². The zero-order chi connectivity index (χ0) is 14.8. The molecule has 0 radical (unpaired) electrons. The smallest absolute Gasteiger partial charge is 0.291 e. The van der Waals surface area contributed by atoms with Gasteiger partial charge in [0.15, 0.2) is 0 Å². The van der Waals surface area contributed by atoms with E-state index >= 15 is 0 Å². The maximum absolute atomic E-state index is 12.4. The average molecular weight is 325 g/mol. The number of nitrogens with zero attached hydrogens (tertiary/aromatic N) is 3. The minimum Gasteiger partial charge on any atom is -0.373 e. The Bertz CT molecular complexity index is 693. The highest BCUT2D eigenvalue weighted by atomic mass is 35.5. The van der Waals surface area contributed by atoms with Gasteiger partial charge in [0.05, 0.1) is 17.8 Å². The van der Waals surface area contributed by atoms with Crippen LogP contribution in [-0.4, -0.2) is 14.8 Å². The molecule has 2 heterocycles. The van der Waals surface area contributed by atoms with Gasteiger partial charge in [-0.3, -0.25) is 4.79 Å². The first-order chi connectivity index (χ1) is 10.1. The summed E-state index contributed by atoms with van der Waals surface area (Å²) in [4.78, 5) is 17.8. The minimum atomic E-state index is -0.150. The molecule has 0 amide bonds. The first-order valence-electron chi connectivity index (χ1n) is 7.04. The SMILES string of the molecule is Cc1cnc(CNc2c(Cl)cnn(CC3CCC3)c2=O)s1. The van der Waals surface area contributed by atoms with E-state index < -0.39 is 0 Å². The summed E-state index contributed by atoms with van der Waals surface area (Å²) in [6.45, 7) is 3.19. The molecule has 21 heavy (non-hydrogen) atoms. The number of anilines is 1. The van der Waals surface area contributed by atoms with Crippen molar-refractivity contribution in [2.45, 2.75) is 39.3 Å². The molecule has 1 N–H and O–H groups in total. The Morgan fingerprint density at radius 2 is 2.29 bits per heavy atom. The molecule has 1 saturated carbocycles. The van der Waals surface area contributed by atoms with Gasteiger partial charge in [-0.25, -0.2) is 9.67 Å². The van der Waals surface area contributed by atoms with Gasteiger partial charge in [0, 0.05) is 17.6 Å². The average Bonchev–Trinajstić information content (AvgIpc) is 2.81. The van der Waals surface area contributed by atoms with Gasteiger partial charge < -0.3 is 5.32 Å². The van der Waals surface area contributed by atoms with Gasteiger partial charge in [-0.1, -0.05) is 18.0 Å². The summed E-state index contributed by atoms with van der Waals surface area (Å²) in [6.07, 6.45) is 6.97. The summed E-state index contributed by atoms with van der Waals surface area (Å²) in [5.74, 6) is 0.575. The van der Waals surface area contributed by atoms with Crippen molar-refractivity contribution in [2.24, 2.45) is 5.92 Å². The van der Waals surface area contributed by atoms with Gasteiger partial charge in [-0.2, -0.15) is 5.10 Å². The summed E-state index contributed by atoms with van der Waals surface area (Å²) in [7, 11) is 0. The summed E-state index contributed by atoms with van der Waals surface area (Å²) in [5.41, 5.74) is 0.265. The topological polar surface area (TPSA) is 59.8 Å². The highest BCUT2D eigenvalue weighted by molar-refractivity contribution is 7.11. The molecule has 7 heteroatoms. The lowest BCUT2D eigenvalue weighted by Gasteiger charge is -2.25. The van der Waals surface area contributed by atoms with Crippen molar-refractivity contribution < 1.29 is 0 Å². The van der Waals surface area contributed by atoms with Crippen molar-refractivity contribution in [3.8, 4) is 0 Å². The van der Waals surface area contributed by atoms with Crippen LogP contribution in [0.15, 0.2) is 17.2 Å². The predicted octanol–water partition coefficient (Wildman–Crippen LogP) is 3.07. The van der Waals surface area contributed by atoms with Crippen molar-refractivity contribution in [3.05, 3.63) is 37.7 Å². The Morgan fingerprint density at radius 3 is 2.90 bits per heavy atom. The van der Waals surface area contributed by atoms with E-state index in [2.05, 4.69) is 15.4 Å². The molecule has 2 aromatic heterocycles. The molecule has 0 atom stereocenters. The molecule has 0 unspecified atom stereocenters. The van der Waals surface area contributed by atoms with Crippen LogP contribution < -0.4 is 10.9 Å². The molecule has 2 aromatic rings. The molecule has 1 aliphatic carbocycles. The van der Waals surface area contributed by atoms with Crippen molar-refractivity contribution in [1.82, 2.24) is 14.8 Å². The van der Waals surface area contributed by atoms with Gasteiger partial charge in [0.1, 0.15) is 10.7 Å². The van der Waals surface area contributed by atoms with E-state index in [0.29, 0.717) is 29.7 Å².